The van der Waals surface area contributed by atoms with Gasteiger partial charge in [0.05, 0.1) is 11.9 Å². The van der Waals surface area contributed by atoms with Crippen molar-refractivity contribution in [3.63, 3.8) is 0 Å². The summed E-state index contributed by atoms with van der Waals surface area (Å²) >= 11 is 3.45. The van der Waals surface area contributed by atoms with Crippen LogP contribution >= 0.6 is 15.9 Å². The number of para-hydroxylation sites is 1. The van der Waals surface area contributed by atoms with Crippen LogP contribution in [0.3, 0.4) is 0 Å². The predicted molar refractivity (Wildman–Crippen MR) is 165 cm³/mol. The molecule has 0 aliphatic rings. The van der Waals surface area contributed by atoms with E-state index >= 15 is 0 Å². The molecule has 0 aromatic heterocycles. The number of carbonyl (C=O) groups excluding carboxylic acids is 2. The van der Waals surface area contributed by atoms with Gasteiger partial charge in [-0.05, 0) is 69.0 Å². The standard InChI is InChI=1S/C31H38BrN3O4S/c1-22-11-10-12-23(2)29(22)35(40(6,38)39)21-28(36)34(20-25-15-17-26(32)18-16-25)27(30(37)33-31(3,4)5)19-24-13-8-7-9-14-24/h7-18,27H,19-21H2,1-6H3,(H,33,37). The van der Waals surface area contributed by atoms with E-state index in [0.29, 0.717) is 5.69 Å². The average molecular weight is 629 g/mol. The van der Waals surface area contributed by atoms with Gasteiger partial charge in [-0.3, -0.25) is 13.9 Å². The molecule has 0 aliphatic carbocycles. The monoisotopic (exact) mass is 627 g/mol. The molecule has 3 aromatic carbocycles. The van der Waals surface area contributed by atoms with E-state index < -0.39 is 34.1 Å². The third-order valence-electron chi connectivity index (χ3n) is 6.40. The number of hydrogen-bond acceptors (Lipinski definition) is 4. The molecule has 2 amide bonds. The minimum absolute atomic E-state index is 0.130. The van der Waals surface area contributed by atoms with Crippen LogP contribution in [0.25, 0.3) is 0 Å². The summed E-state index contributed by atoms with van der Waals surface area (Å²) in [4.78, 5) is 29.5. The van der Waals surface area contributed by atoms with Crippen molar-refractivity contribution in [1.82, 2.24) is 10.2 Å². The number of aryl methyl sites for hydroxylation is 2. The van der Waals surface area contributed by atoms with Gasteiger partial charge in [-0.2, -0.15) is 0 Å². The van der Waals surface area contributed by atoms with Gasteiger partial charge in [-0.15, -0.1) is 0 Å². The Morgan fingerprint density at radius 2 is 1.45 bits per heavy atom. The van der Waals surface area contributed by atoms with E-state index in [2.05, 4.69) is 21.2 Å². The molecular formula is C31H38BrN3O4S. The van der Waals surface area contributed by atoms with Crippen LogP contribution in [-0.4, -0.2) is 49.5 Å². The minimum atomic E-state index is -3.82. The molecular weight excluding hydrogens is 590 g/mol. The Morgan fingerprint density at radius 3 is 1.98 bits per heavy atom. The van der Waals surface area contributed by atoms with Gasteiger partial charge in [-0.1, -0.05) is 76.6 Å². The highest BCUT2D eigenvalue weighted by Gasteiger charge is 2.34. The lowest BCUT2D eigenvalue weighted by Gasteiger charge is -2.35. The summed E-state index contributed by atoms with van der Waals surface area (Å²) in [6, 6.07) is 21.6. The molecule has 7 nitrogen and oxygen atoms in total. The first-order chi connectivity index (χ1) is 18.7. The van der Waals surface area contributed by atoms with Gasteiger partial charge in [0.2, 0.25) is 21.8 Å². The predicted octanol–water partition coefficient (Wildman–Crippen LogP) is 5.39. The van der Waals surface area contributed by atoms with Gasteiger partial charge < -0.3 is 10.2 Å². The molecule has 1 N–H and O–H groups in total. The number of hydrogen-bond donors (Lipinski definition) is 1. The lowest BCUT2D eigenvalue weighted by atomic mass is 10.0. The molecule has 0 saturated heterocycles. The summed E-state index contributed by atoms with van der Waals surface area (Å²) in [6.07, 6.45) is 1.37. The van der Waals surface area contributed by atoms with Crippen LogP contribution in [-0.2, 0) is 32.6 Å². The van der Waals surface area contributed by atoms with Crippen molar-refractivity contribution in [3.8, 4) is 0 Å². The van der Waals surface area contributed by atoms with Crippen LogP contribution in [0.1, 0.15) is 43.0 Å². The number of carbonyl (C=O) groups is 2. The number of nitrogens with zero attached hydrogens (tertiary/aromatic N) is 2. The molecule has 40 heavy (non-hydrogen) atoms. The number of rotatable bonds is 10. The smallest absolute Gasteiger partial charge is 0.244 e. The molecule has 0 aliphatic heterocycles. The Balaban J connectivity index is 2.10. The van der Waals surface area contributed by atoms with Gasteiger partial charge in [0.15, 0.2) is 0 Å². The van der Waals surface area contributed by atoms with Crippen molar-refractivity contribution in [3.05, 3.63) is 99.5 Å². The Morgan fingerprint density at radius 1 is 0.875 bits per heavy atom. The molecule has 214 valence electrons. The van der Waals surface area contributed by atoms with Crippen LogP contribution in [0, 0.1) is 13.8 Å². The zero-order valence-electron chi connectivity index (χ0n) is 23.9. The number of amides is 2. The van der Waals surface area contributed by atoms with E-state index in [1.807, 2.05) is 107 Å². The van der Waals surface area contributed by atoms with E-state index in [1.165, 1.54) is 4.90 Å². The molecule has 0 fully saturated rings. The SMILES string of the molecule is Cc1cccc(C)c1N(CC(=O)N(Cc1ccc(Br)cc1)C(Cc1ccccc1)C(=O)NC(C)(C)C)S(C)(=O)=O. The fourth-order valence-electron chi connectivity index (χ4n) is 4.57. The summed E-state index contributed by atoms with van der Waals surface area (Å²) in [5.74, 6) is -0.777. The van der Waals surface area contributed by atoms with Gasteiger partial charge >= 0.3 is 0 Å². The van der Waals surface area contributed by atoms with Crippen molar-refractivity contribution in [1.29, 1.82) is 0 Å². The number of sulfonamides is 1. The maximum Gasteiger partial charge on any atom is 0.244 e. The highest BCUT2D eigenvalue weighted by Crippen LogP contribution is 2.27. The second-order valence-electron chi connectivity index (χ2n) is 11.1. The maximum absolute atomic E-state index is 14.2. The quantitative estimate of drug-likeness (QED) is 0.327. The van der Waals surface area contributed by atoms with E-state index in [-0.39, 0.29) is 18.9 Å². The average Bonchev–Trinajstić information content (AvgIpc) is 2.85. The fraction of sp³-hybridized carbons (Fsp3) is 0.355. The highest BCUT2D eigenvalue weighted by atomic mass is 79.9. The van der Waals surface area contributed by atoms with Crippen molar-refractivity contribution >= 4 is 43.5 Å². The maximum atomic E-state index is 14.2. The Labute approximate surface area is 246 Å². The fourth-order valence-corrected chi connectivity index (χ4v) is 5.80. The van der Waals surface area contributed by atoms with Gasteiger partial charge in [0.1, 0.15) is 12.6 Å². The number of nitrogens with one attached hydrogen (secondary N) is 1. The lowest BCUT2D eigenvalue weighted by molar-refractivity contribution is -0.140. The molecule has 3 aromatic rings. The van der Waals surface area contributed by atoms with Crippen LogP contribution in [0.15, 0.2) is 77.3 Å². The first-order valence-corrected chi connectivity index (χ1v) is 15.7. The third-order valence-corrected chi connectivity index (χ3v) is 8.04. The number of benzene rings is 3. The topological polar surface area (TPSA) is 86.8 Å². The lowest BCUT2D eigenvalue weighted by Crippen LogP contribution is -2.56. The van der Waals surface area contributed by atoms with E-state index in [9.17, 15) is 18.0 Å². The molecule has 0 heterocycles. The Bertz CT molecular complexity index is 1420. The number of anilines is 1. The molecule has 0 radical (unpaired) electrons. The largest absolute Gasteiger partial charge is 0.350 e. The molecule has 3 rings (SSSR count). The van der Waals surface area contributed by atoms with Gasteiger partial charge in [0, 0.05) is 23.0 Å². The first-order valence-electron chi connectivity index (χ1n) is 13.1. The van der Waals surface area contributed by atoms with Gasteiger partial charge in [-0.25, -0.2) is 8.42 Å². The number of halogens is 1. The zero-order chi connectivity index (χ0) is 29.7. The second-order valence-corrected chi connectivity index (χ2v) is 13.9. The minimum Gasteiger partial charge on any atom is -0.350 e. The van der Waals surface area contributed by atoms with Crippen molar-refractivity contribution in [2.24, 2.45) is 0 Å². The molecule has 9 heteroatoms. The first kappa shape index (κ1) is 31.4. The molecule has 0 spiro atoms. The van der Waals surface area contributed by atoms with Crippen molar-refractivity contribution < 1.29 is 18.0 Å². The molecule has 0 bridgehead atoms. The normalized spacial score (nSPS) is 12.5. The van der Waals surface area contributed by atoms with Crippen LogP contribution in [0.2, 0.25) is 0 Å². The van der Waals surface area contributed by atoms with Gasteiger partial charge in [0.25, 0.3) is 0 Å². The molecule has 0 saturated carbocycles. The summed E-state index contributed by atoms with van der Waals surface area (Å²) in [6.45, 7) is 8.99. The molecule has 1 unspecified atom stereocenters. The summed E-state index contributed by atoms with van der Waals surface area (Å²) in [5.41, 5.74) is 3.12. The third kappa shape index (κ3) is 8.66. The van der Waals surface area contributed by atoms with Crippen LogP contribution in [0.5, 0.6) is 0 Å². The van der Waals surface area contributed by atoms with Crippen LogP contribution < -0.4 is 9.62 Å². The summed E-state index contributed by atoms with van der Waals surface area (Å²) in [7, 11) is -3.82. The van der Waals surface area contributed by atoms with E-state index in [1.54, 1.807) is 0 Å². The van der Waals surface area contributed by atoms with Crippen LogP contribution in [0.4, 0.5) is 5.69 Å². The Hall–Kier alpha value is -3.17. The summed E-state index contributed by atoms with van der Waals surface area (Å²) in [5, 5.41) is 3.03. The Kier molecular flexibility index (Phi) is 10.2. The highest BCUT2D eigenvalue weighted by molar-refractivity contribution is 9.10. The van der Waals surface area contributed by atoms with E-state index in [4.69, 9.17) is 0 Å². The van der Waals surface area contributed by atoms with Crippen molar-refractivity contribution in [2.75, 3.05) is 17.1 Å². The second kappa shape index (κ2) is 13.0. The van der Waals surface area contributed by atoms with Crippen molar-refractivity contribution in [2.45, 2.75) is 59.2 Å². The van der Waals surface area contributed by atoms with E-state index in [0.717, 1.165) is 37.3 Å². The summed E-state index contributed by atoms with van der Waals surface area (Å²) < 4.78 is 28.1. The molecule has 1 atom stereocenters. The zero-order valence-corrected chi connectivity index (χ0v) is 26.3.